The van der Waals surface area contributed by atoms with Gasteiger partial charge in [-0.2, -0.15) is 10.2 Å². The SMILES string of the molecule is Cc1nn(C)c(C)c1-c1cnnc(O[C@@H]2CCN(C3=C(Cl)C(=O)CN=C3)C2)c1. The number of aromatic nitrogens is 4. The van der Waals surface area contributed by atoms with E-state index in [4.69, 9.17) is 16.3 Å². The van der Waals surface area contributed by atoms with Gasteiger partial charge >= 0.3 is 0 Å². The van der Waals surface area contributed by atoms with Gasteiger partial charge in [-0.25, -0.2) is 0 Å². The summed E-state index contributed by atoms with van der Waals surface area (Å²) in [4.78, 5) is 17.9. The minimum Gasteiger partial charge on any atom is -0.471 e. The fraction of sp³-hybridized carbons (Fsp3) is 0.421. The molecule has 1 saturated heterocycles. The summed E-state index contributed by atoms with van der Waals surface area (Å²) in [6.45, 7) is 5.47. The molecule has 146 valence electrons. The number of nitrogens with zero attached hydrogens (tertiary/aromatic N) is 6. The van der Waals surface area contributed by atoms with Crippen LogP contribution in [0.2, 0.25) is 0 Å². The van der Waals surface area contributed by atoms with Gasteiger partial charge in [-0.1, -0.05) is 11.6 Å². The van der Waals surface area contributed by atoms with Crippen LogP contribution in [0.3, 0.4) is 0 Å². The number of hydrogen-bond donors (Lipinski definition) is 0. The second-order valence-corrected chi connectivity index (χ2v) is 7.40. The monoisotopic (exact) mass is 400 g/mol. The van der Waals surface area contributed by atoms with Crippen LogP contribution in [0.25, 0.3) is 11.1 Å². The maximum absolute atomic E-state index is 11.8. The molecule has 1 atom stereocenters. The predicted molar refractivity (Wildman–Crippen MR) is 106 cm³/mol. The Balaban J connectivity index is 1.50. The van der Waals surface area contributed by atoms with Crippen molar-refractivity contribution in [2.75, 3.05) is 19.6 Å². The van der Waals surface area contributed by atoms with Gasteiger partial charge in [0.25, 0.3) is 0 Å². The molecule has 0 N–H and O–H groups in total. The number of aryl methyl sites for hydroxylation is 2. The number of ketones is 1. The van der Waals surface area contributed by atoms with Crippen molar-refractivity contribution in [1.29, 1.82) is 0 Å². The van der Waals surface area contributed by atoms with Crippen molar-refractivity contribution in [3.8, 4) is 17.0 Å². The lowest BCUT2D eigenvalue weighted by Gasteiger charge is -2.22. The third-order valence-corrected chi connectivity index (χ3v) is 5.53. The highest BCUT2D eigenvalue weighted by atomic mass is 35.5. The van der Waals surface area contributed by atoms with E-state index >= 15 is 0 Å². The van der Waals surface area contributed by atoms with E-state index in [2.05, 4.69) is 20.3 Å². The summed E-state index contributed by atoms with van der Waals surface area (Å²) in [5.41, 5.74) is 4.65. The Kier molecular flexibility index (Phi) is 4.89. The van der Waals surface area contributed by atoms with Gasteiger partial charge < -0.3 is 9.64 Å². The van der Waals surface area contributed by atoms with Crippen molar-refractivity contribution in [2.45, 2.75) is 26.4 Å². The van der Waals surface area contributed by atoms with Gasteiger partial charge in [0.05, 0.1) is 24.1 Å². The van der Waals surface area contributed by atoms with Crippen molar-refractivity contribution in [3.63, 3.8) is 0 Å². The highest BCUT2D eigenvalue weighted by Gasteiger charge is 2.29. The molecule has 4 heterocycles. The average molecular weight is 401 g/mol. The summed E-state index contributed by atoms with van der Waals surface area (Å²) in [6.07, 6.45) is 4.12. The third kappa shape index (κ3) is 3.40. The lowest BCUT2D eigenvalue weighted by molar-refractivity contribution is -0.113. The van der Waals surface area contributed by atoms with Gasteiger partial charge in [0.2, 0.25) is 5.88 Å². The molecule has 0 radical (unpaired) electrons. The molecule has 0 spiro atoms. The Hall–Kier alpha value is -2.74. The van der Waals surface area contributed by atoms with Gasteiger partial charge in [-0.3, -0.25) is 14.5 Å². The van der Waals surface area contributed by atoms with Crippen LogP contribution in [0.1, 0.15) is 17.8 Å². The number of carbonyl (C=O) groups excluding carboxylic acids is 1. The maximum Gasteiger partial charge on any atom is 0.234 e. The number of carbonyl (C=O) groups is 1. The summed E-state index contributed by atoms with van der Waals surface area (Å²) in [6, 6.07) is 1.89. The Morgan fingerprint density at radius 1 is 1.32 bits per heavy atom. The van der Waals surface area contributed by atoms with Gasteiger partial charge in [0, 0.05) is 49.1 Å². The number of likely N-dealkylation sites (tertiary alicyclic amines) is 1. The summed E-state index contributed by atoms with van der Waals surface area (Å²) >= 11 is 6.17. The minimum atomic E-state index is -0.149. The van der Waals surface area contributed by atoms with Gasteiger partial charge in [0.1, 0.15) is 17.7 Å². The van der Waals surface area contributed by atoms with E-state index in [9.17, 15) is 4.79 Å². The number of ether oxygens (including phenoxy) is 1. The van der Waals surface area contributed by atoms with Crippen LogP contribution >= 0.6 is 11.6 Å². The molecule has 2 aromatic rings. The van der Waals surface area contributed by atoms with E-state index in [0.717, 1.165) is 35.5 Å². The molecule has 2 aliphatic rings. The Bertz CT molecular complexity index is 996. The Labute approximate surface area is 167 Å². The summed E-state index contributed by atoms with van der Waals surface area (Å²) < 4.78 is 7.92. The van der Waals surface area contributed by atoms with Crippen molar-refractivity contribution in [1.82, 2.24) is 24.9 Å². The van der Waals surface area contributed by atoms with Crippen molar-refractivity contribution < 1.29 is 9.53 Å². The first kappa shape index (κ1) is 18.6. The standard InChI is InChI=1S/C19H21ClN6O2/c1-11-18(12(2)25(3)24-11)13-6-17(23-22-7-13)28-14-4-5-26(10-14)15-8-21-9-16(27)19(15)20/h6-8,14H,4-5,9-10H2,1-3H3/t14-/m1/s1. The van der Waals surface area contributed by atoms with Crippen LogP contribution in [0.15, 0.2) is 28.0 Å². The van der Waals surface area contributed by atoms with Gasteiger partial charge in [0.15, 0.2) is 5.78 Å². The summed E-state index contributed by atoms with van der Waals surface area (Å²) in [5, 5.41) is 12.9. The summed E-state index contributed by atoms with van der Waals surface area (Å²) in [5.74, 6) is 0.324. The number of Topliss-reactive ketones (excluding diaryl/α,β-unsaturated/α-hetero) is 1. The van der Waals surface area contributed by atoms with Crippen molar-refractivity contribution in [2.24, 2.45) is 12.0 Å². The minimum absolute atomic E-state index is 0.0666. The first-order valence-electron chi connectivity index (χ1n) is 9.11. The fourth-order valence-electron chi connectivity index (χ4n) is 3.65. The quantitative estimate of drug-likeness (QED) is 0.780. The highest BCUT2D eigenvalue weighted by Crippen LogP contribution is 2.29. The molecule has 0 amide bonds. The summed E-state index contributed by atoms with van der Waals surface area (Å²) in [7, 11) is 1.92. The van der Waals surface area contributed by atoms with E-state index in [1.807, 2.05) is 36.5 Å². The fourth-order valence-corrected chi connectivity index (χ4v) is 3.88. The first-order chi connectivity index (χ1) is 13.4. The molecule has 4 rings (SSSR count). The van der Waals surface area contributed by atoms with E-state index in [0.29, 0.717) is 18.1 Å². The molecule has 8 nitrogen and oxygen atoms in total. The maximum atomic E-state index is 11.8. The molecule has 2 aromatic heterocycles. The van der Waals surface area contributed by atoms with Gasteiger partial charge in [-0.15, -0.1) is 5.10 Å². The third-order valence-electron chi connectivity index (χ3n) is 5.12. The van der Waals surface area contributed by atoms with E-state index < -0.39 is 0 Å². The number of dihydropyridines is 1. The number of hydrogen-bond acceptors (Lipinski definition) is 7. The van der Waals surface area contributed by atoms with Gasteiger partial charge in [-0.05, 0) is 13.8 Å². The molecule has 9 heteroatoms. The first-order valence-corrected chi connectivity index (χ1v) is 9.49. The van der Waals surface area contributed by atoms with E-state index in [1.165, 1.54) is 0 Å². The van der Waals surface area contributed by atoms with Crippen LogP contribution < -0.4 is 4.74 Å². The Morgan fingerprint density at radius 2 is 2.14 bits per heavy atom. The van der Waals surface area contributed by atoms with Crippen molar-refractivity contribution in [3.05, 3.63) is 34.4 Å². The molecule has 1 fully saturated rings. The molecule has 2 aliphatic heterocycles. The van der Waals surface area contributed by atoms with Crippen LogP contribution in [-0.4, -0.2) is 62.6 Å². The molecule has 0 bridgehead atoms. The molecule has 0 aliphatic carbocycles. The zero-order chi connectivity index (χ0) is 19.8. The van der Waals surface area contributed by atoms with Crippen LogP contribution in [0, 0.1) is 13.8 Å². The molecule has 0 saturated carbocycles. The van der Waals surface area contributed by atoms with Crippen LogP contribution in [-0.2, 0) is 11.8 Å². The van der Waals surface area contributed by atoms with E-state index in [1.54, 1.807) is 12.4 Å². The molecular formula is C19H21ClN6O2. The molecule has 28 heavy (non-hydrogen) atoms. The van der Waals surface area contributed by atoms with Crippen molar-refractivity contribution >= 4 is 23.6 Å². The topological polar surface area (TPSA) is 85.5 Å². The zero-order valence-corrected chi connectivity index (χ0v) is 16.8. The largest absolute Gasteiger partial charge is 0.471 e. The molecule has 0 aromatic carbocycles. The number of allylic oxidation sites excluding steroid dienone is 1. The predicted octanol–water partition coefficient (Wildman–Crippen LogP) is 2.05. The molecular weight excluding hydrogens is 380 g/mol. The Morgan fingerprint density at radius 3 is 2.89 bits per heavy atom. The van der Waals surface area contributed by atoms with Crippen LogP contribution in [0.5, 0.6) is 5.88 Å². The second kappa shape index (κ2) is 7.35. The van der Waals surface area contributed by atoms with Crippen LogP contribution in [0.4, 0.5) is 0 Å². The smallest absolute Gasteiger partial charge is 0.234 e. The zero-order valence-electron chi connectivity index (χ0n) is 16.0. The lowest BCUT2D eigenvalue weighted by atomic mass is 10.1. The lowest BCUT2D eigenvalue weighted by Crippen LogP contribution is -2.28. The number of rotatable bonds is 4. The number of aliphatic imine (C=N–C) groups is 1. The average Bonchev–Trinajstić information content (AvgIpc) is 3.22. The number of halogens is 1. The highest BCUT2D eigenvalue weighted by molar-refractivity contribution is 6.44. The van der Waals surface area contributed by atoms with E-state index in [-0.39, 0.29) is 23.5 Å². The molecule has 0 unspecified atom stereocenters. The normalized spacial score (nSPS) is 19.6. The second-order valence-electron chi connectivity index (χ2n) is 7.02.